The molecule has 0 spiro atoms. The van der Waals surface area contributed by atoms with Crippen LogP contribution in [0.25, 0.3) is 0 Å². The van der Waals surface area contributed by atoms with E-state index in [1.807, 2.05) is 43.3 Å². The van der Waals surface area contributed by atoms with Gasteiger partial charge in [0.2, 0.25) is 0 Å². The fourth-order valence-corrected chi connectivity index (χ4v) is 3.92. The summed E-state index contributed by atoms with van der Waals surface area (Å²) in [5, 5.41) is 31.2. The largest absolute Gasteiger partial charge is 0.363 e. The summed E-state index contributed by atoms with van der Waals surface area (Å²) in [6.45, 7) is 6.07. The quantitative estimate of drug-likeness (QED) is 0.348. The van der Waals surface area contributed by atoms with Crippen molar-refractivity contribution >= 4 is 17.2 Å². The van der Waals surface area contributed by atoms with Crippen molar-refractivity contribution in [3.8, 4) is 6.07 Å². The zero-order chi connectivity index (χ0) is 21.5. The third-order valence-corrected chi connectivity index (χ3v) is 5.38. The molecular formula is C23H29N5O2. The Morgan fingerprint density at radius 2 is 2.07 bits per heavy atom. The zero-order valence-electron chi connectivity index (χ0n) is 17.6. The van der Waals surface area contributed by atoms with Crippen LogP contribution >= 0.6 is 0 Å². The van der Waals surface area contributed by atoms with Crippen LogP contribution in [-0.2, 0) is 4.74 Å². The maximum absolute atomic E-state index is 10.5. The average molecular weight is 408 g/mol. The van der Waals surface area contributed by atoms with Gasteiger partial charge in [-0.2, -0.15) is 5.26 Å². The number of para-hydroxylation sites is 1. The number of aliphatic hydroxyl groups is 1. The van der Waals surface area contributed by atoms with Crippen LogP contribution in [-0.4, -0.2) is 46.9 Å². The number of piperidine rings is 1. The lowest BCUT2D eigenvalue weighted by Gasteiger charge is -2.32. The smallest absolute Gasteiger partial charge is 0.198 e. The highest BCUT2D eigenvalue weighted by Crippen LogP contribution is 2.36. The molecule has 1 aliphatic rings. The van der Waals surface area contributed by atoms with E-state index in [1.165, 1.54) is 0 Å². The monoisotopic (exact) mass is 407 g/mol. The van der Waals surface area contributed by atoms with Gasteiger partial charge >= 0.3 is 0 Å². The predicted octanol–water partition coefficient (Wildman–Crippen LogP) is 3.94. The molecule has 1 saturated heterocycles. The van der Waals surface area contributed by atoms with Crippen molar-refractivity contribution in [2.75, 3.05) is 31.6 Å². The highest BCUT2D eigenvalue weighted by Gasteiger charge is 2.27. The van der Waals surface area contributed by atoms with Crippen molar-refractivity contribution in [1.29, 1.82) is 10.7 Å². The molecule has 1 aliphatic heterocycles. The zero-order valence-corrected chi connectivity index (χ0v) is 17.6. The van der Waals surface area contributed by atoms with Gasteiger partial charge in [0, 0.05) is 23.6 Å². The van der Waals surface area contributed by atoms with Gasteiger partial charge in [-0.1, -0.05) is 18.2 Å². The fourth-order valence-electron chi connectivity index (χ4n) is 3.92. The van der Waals surface area contributed by atoms with Crippen LogP contribution in [0.4, 0.5) is 11.5 Å². The van der Waals surface area contributed by atoms with Gasteiger partial charge < -0.3 is 20.6 Å². The van der Waals surface area contributed by atoms with Crippen LogP contribution in [0.1, 0.15) is 55.7 Å². The van der Waals surface area contributed by atoms with Crippen LogP contribution in [0.5, 0.6) is 0 Å². The highest BCUT2D eigenvalue weighted by molar-refractivity contribution is 6.02. The van der Waals surface area contributed by atoms with Gasteiger partial charge in [-0.25, -0.2) is 4.98 Å². The van der Waals surface area contributed by atoms with E-state index in [2.05, 4.69) is 21.3 Å². The number of rotatable bonds is 8. The van der Waals surface area contributed by atoms with E-state index in [4.69, 9.17) is 15.4 Å². The second-order valence-corrected chi connectivity index (χ2v) is 7.49. The number of anilines is 2. The summed E-state index contributed by atoms with van der Waals surface area (Å²) in [4.78, 5) is 6.77. The SMILES string of the molecule is CCOC(O)c1cc(C2CCN(CC#N)CC2)c(C(C)=N)c(Nc2ccccc2)n1. The van der Waals surface area contributed by atoms with Crippen LogP contribution in [0.15, 0.2) is 36.4 Å². The van der Waals surface area contributed by atoms with Crippen LogP contribution < -0.4 is 5.32 Å². The molecule has 7 nitrogen and oxygen atoms in total. The maximum Gasteiger partial charge on any atom is 0.198 e. The van der Waals surface area contributed by atoms with Gasteiger partial charge in [-0.15, -0.1) is 0 Å². The second-order valence-electron chi connectivity index (χ2n) is 7.49. The molecule has 7 heteroatoms. The summed E-state index contributed by atoms with van der Waals surface area (Å²) in [5.41, 5.74) is 3.50. The Morgan fingerprint density at radius 1 is 1.37 bits per heavy atom. The first-order chi connectivity index (χ1) is 14.5. The van der Waals surface area contributed by atoms with Crippen molar-refractivity contribution < 1.29 is 9.84 Å². The van der Waals surface area contributed by atoms with E-state index in [0.29, 0.717) is 30.4 Å². The fraction of sp³-hybridized carbons (Fsp3) is 0.435. The number of ether oxygens (including phenoxy) is 1. The molecule has 1 fully saturated rings. The third kappa shape index (κ3) is 5.22. The standard InChI is InChI=1S/C23H29N5O2/c1-3-30-23(29)20-15-19(17-9-12-28(13-10-17)14-11-24)21(16(2)25)22(27-20)26-18-7-5-4-6-8-18/h4-8,15,17,23,25,29H,3,9-10,12-14H2,1-2H3,(H,26,27). The number of nitriles is 1. The molecule has 3 N–H and O–H groups in total. The molecule has 1 aromatic carbocycles. The summed E-state index contributed by atoms with van der Waals surface area (Å²) in [6.07, 6.45) is 0.658. The van der Waals surface area contributed by atoms with Crippen LogP contribution in [0.3, 0.4) is 0 Å². The lowest BCUT2D eigenvalue weighted by atomic mass is 9.85. The van der Waals surface area contributed by atoms with Gasteiger partial charge in [0.05, 0.1) is 18.3 Å². The minimum atomic E-state index is -1.12. The molecule has 1 atom stereocenters. The first kappa shape index (κ1) is 21.9. The third-order valence-electron chi connectivity index (χ3n) is 5.38. The van der Waals surface area contributed by atoms with Crippen molar-refractivity contribution in [3.63, 3.8) is 0 Å². The molecule has 0 amide bonds. The molecule has 1 aromatic heterocycles. The number of likely N-dealkylation sites (tertiary alicyclic amines) is 1. The Bertz CT molecular complexity index is 902. The molecule has 0 aliphatic carbocycles. The summed E-state index contributed by atoms with van der Waals surface area (Å²) < 4.78 is 5.39. The van der Waals surface area contributed by atoms with E-state index in [1.54, 1.807) is 6.92 Å². The average Bonchev–Trinajstić information content (AvgIpc) is 2.74. The van der Waals surface area contributed by atoms with Gasteiger partial charge in [0.1, 0.15) is 5.82 Å². The van der Waals surface area contributed by atoms with Crippen LogP contribution in [0, 0.1) is 16.7 Å². The lowest BCUT2D eigenvalue weighted by molar-refractivity contribution is -0.101. The van der Waals surface area contributed by atoms with Gasteiger partial charge in [0.25, 0.3) is 0 Å². The Labute approximate surface area is 177 Å². The van der Waals surface area contributed by atoms with Crippen molar-refractivity contribution in [2.45, 2.75) is 38.9 Å². The molecule has 30 heavy (non-hydrogen) atoms. The van der Waals surface area contributed by atoms with Crippen LogP contribution in [0.2, 0.25) is 0 Å². The van der Waals surface area contributed by atoms with E-state index in [9.17, 15) is 5.11 Å². The second kappa shape index (κ2) is 10.3. The van der Waals surface area contributed by atoms with Crippen molar-refractivity contribution in [2.24, 2.45) is 0 Å². The Kier molecular flexibility index (Phi) is 7.52. The van der Waals surface area contributed by atoms with Gasteiger partial charge in [-0.05, 0) is 69.5 Å². The van der Waals surface area contributed by atoms with E-state index in [0.717, 1.165) is 42.7 Å². The number of benzene rings is 1. The Morgan fingerprint density at radius 3 is 2.67 bits per heavy atom. The topological polar surface area (TPSA) is 105 Å². The number of nitrogens with one attached hydrogen (secondary N) is 2. The summed E-state index contributed by atoms with van der Waals surface area (Å²) >= 11 is 0. The molecule has 0 bridgehead atoms. The molecular weight excluding hydrogens is 378 g/mol. The number of hydrogen-bond donors (Lipinski definition) is 3. The molecule has 2 heterocycles. The first-order valence-corrected chi connectivity index (χ1v) is 10.3. The Balaban J connectivity index is 2.02. The minimum Gasteiger partial charge on any atom is -0.363 e. The van der Waals surface area contributed by atoms with E-state index >= 15 is 0 Å². The summed E-state index contributed by atoms with van der Waals surface area (Å²) in [6, 6.07) is 13.8. The predicted molar refractivity (Wildman–Crippen MR) is 117 cm³/mol. The number of pyridine rings is 1. The molecule has 1 unspecified atom stereocenters. The number of hydrogen-bond acceptors (Lipinski definition) is 7. The number of nitrogens with zero attached hydrogens (tertiary/aromatic N) is 3. The summed E-state index contributed by atoms with van der Waals surface area (Å²) in [5.74, 6) is 0.779. The van der Waals surface area contributed by atoms with E-state index < -0.39 is 6.29 Å². The number of aliphatic hydroxyl groups excluding tert-OH is 1. The van der Waals surface area contributed by atoms with Crippen molar-refractivity contribution in [1.82, 2.24) is 9.88 Å². The first-order valence-electron chi connectivity index (χ1n) is 10.3. The summed E-state index contributed by atoms with van der Waals surface area (Å²) in [7, 11) is 0. The minimum absolute atomic E-state index is 0.224. The molecule has 0 radical (unpaired) electrons. The van der Waals surface area contributed by atoms with Gasteiger partial charge in [-0.3, -0.25) is 4.90 Å². The van der Waals surface area contributed by atoms with E-state index in [-0.39, 0.29) is 5.92 Å². The normalized spacial score (nSPS) is 16.1. The molecule has 3 rings (SSSR count). The molecule has 0 saturated carbocycles. The molecule has 158 valence electrons. The molecule has 2 aromatic rings. The highest BCUT2D eigenvalue weighted by atomic mass is 16.6. The lowest BCUT2D eigenvalue weighted by Crippen LogP contribution is -2.33. The van der Waals surface area contributed by atoms with Crippen molar-refractivity contribution in [3.05, 3.63) is 53.2 Å². The maximum atomic E-state index is 10.5. The Hall–Kier alpha value is -2.79. The number of aromatic nitrogens is 1. The van der Waals surface area contributed by atoms with Gasteiger partial charge in [0.15, 0.2) is 6.29 Å².